The summed E-state index contributed by atoms with van der Waals surface area (Å²) < 4.78 is 17.9. The summed E-state index contributed by atoms with van der Waals surface area (Å²) in [5.41, 5.74) is 9.77. The molecule has 0 aliphatic heterocycles. The Balaban J connectivity index is 2.05. The van der Waals surface area contributed by atoms with Crippen LogP contribution in [0.25, 0.3) is 5.57 Å². The van der Waals surface area contributed by atoms with E-state index in [1.165, 1.54) is 20.0 Å². The zero-order valence-electron chi connectivity index (χ0n) is 24.6. The first-order valence-electron chi connectivity index (χ1n) is 13.9. The number of ether oxygens (including phenoxy) is 3. The number of carbonyl (C=O) groups excluding carboxylic acids is 3. The molecular weight excluding hydrogens is 540 g/mol. The molecule has 41 heavy (non-hydrogen) atoms. The lowest BCUT2D eigenvalue weighted by molar-refractivity contribution is -0.144. The highest BCUT2D eigenvalue weighted by Gasteiger charge is 2.28. The van der Waals surface area contributed by atoms with E-state index in [1.807, 2.05) is 6.07 Å². The van der Waals surface area contributed by atoms with Crippen molar-refractivity contribution in [1.82, 2.24) is 9.55 Å². The van der Waals surface area contributed by atoms with Gasteiger partial charge in [-0.15, -0.1) is 0 Å². The van der Waals surface area contributed by atoms with Crippen molar-refractivity contribution in [3.05, 3.63) is 52.6 Å². The number of imidazole rings is 1. The maximum absolute atomic E-state index is 14.1. The second-order valence-corrected chi connectivity index (χ2v) is 17.1. The molecule has 0 saturated heterocycles. The van der Waals surface area contributed by atoms with Crippen molar-refractivity contribution in [3.8, 4) is 6.07 Å². The number of allylic oxidation sites excluding steroid dienone is 2. The molecule has 2 aromatic rings. The van der Waals surface area contributed by atoms with E-state index >= 15 is 0 Å². The zero-order chi connectivity index (χ0) is 30.2. The summed E-state index contributed by atoms with van der Waals surface area (Å²) in [5.74, 6) is -1.75. The molecule has 0 amide bonds. The molecule has 0 bridgehead atoms. The minimum atomic E-state index is -1.30. The molecule has 0 spiro atoms. The number of nitriles is 1. The number of hydrogen-bond acceptors (Lipinski definition) is 9. The maximum atomic E-state index is 14.1. The Morgan fingerprint density at radius 3 is 2.37 bits per heavy atom. The summed E-state index contributed by atoms with van der Waals surface area (Å²) in [6.07, 6.45) is 7.20. The van der Waals surface area contributed by atoms with Crippen molar-refractivity contribution < 1.29 is 28.6 Å². The maximum Gasteiger partial charge on any atom is 0.302 e. The van der Waals surface area contributed by atoms with E-state index in [4.69, 9.17) is 19.9 Å². The number of nitrogen functional groups attached to an aromatic ring is 1. The second kappa shape index (κ2) is 14.2. The van der Waals surface area contributed by atoms with Gasteiger partial charge in [-0.05, 0) is 48.9 Å². The van der Waals surface area contributed by atoms with Crippen LogP contribution in [0.4, 0.5) is 5.69 Å². The minimum Gasteiger partial charge on any atom is -0.465 e. The first kappa shape index (κ1) is 31.8. The van der Waals surface area contributed by atoms with Gasteiger partial charge in [0.05, 0.1) is 5.92 Å². The Morgan fingerprint density at radius 1 is 1.12 bits per heavy atom. The van der Waals surface area contributed by atoms with Gasteiger partial charge in [0.15, 0.2) is 11.5 Å². The number of hydrogen-bond donors (Lipinski definition) is 1. The SMILES string of the molecule is CC(=O)OCC(COC(C)=O)c1ccc(C(=O)c2nc(C#N)cn2COCC[Si](C)(C)C)c(C2=CCCCC2)c1N. The smallest absolute Gasteiger partial charge is 0.302 e. The summed E-state index contributed by atoms with van der Waals surface area (Å²) >= 11 is 0. The third kappa shape index (κ3) is 8.87. The van der Waals surface area contributed by atoms with Gasteiger partial charge in [-0.2, -0.15) is 5.26 Å². The van der Waals surface area contributed by atoms with E-state index in [2.05, 4.69) is 30.7 Å². The standard InChI is InChI=1S/C30H40N4O6Si/c1-20(35)39-17-23(18-40-21(2)36)25-11-12-26(27(28(25)32)22-9-7-6-8-10-22)29(37)30-33-24(15-31)16-34(30)19-38-13-14-41(3,4)5/h9,11-12,16,23H,6-8,10,13-14,17-19,32H2,1-5H3. The number of nitrogens with two attached hydrogens (primary N) is 1. The molecule has 1 aliphatic rings. The molecular formula is C30H40N4O6Si. The van der Waals surface area contributed by atoms with Gasteiger partial charge in [0.25, 0.3) is 0 Å². The Labute approximate surface area is 242 Å². The topological polar surface area (TPSA) is 147 Å². The number of rotatable bonds is 13. The van der Waals surface area contributed by atoms with Crippen LogP contribution < -0.4 is 5.73 Å². The number of esters is 2. The summed E-state index contributed by atoms with van der Waals surface area (Å²) in [7, 11) is -1.30. The van der Waals surface area contributed by atoms with Crippen LogP contribution >= 0.6 is 0 Å². The van der Waals surface area contributed by atoms with Crippen LogP contribution in [0.2, 0.25) is 25.7 Å². The Bertz CT molecular complexity index is 1330. The number of nitrogens with zero attached hydrogens (tertiary/aromatic N) is 3. The van der Waals surface area contributed by atoms with Gasteiger partial charge in [0.2, 0.25) is 5.78 Å². The van der Waals surface area contributed by atoms with Crippen molar-refractivity contribution in [1.29, 1.82) is 5.26 Å². The molecule has 10 nitrogen and oxygen atoms in total. The lowest BCUT2D eigenvalue weighted by atomic mass is 9.84. The number of aromatic nitrogens is 2. The van der Waals surface area contributed by atoms with Crippen molar-refractivity contribution in [2.24, 2.45) is 0 Å². The predicted octanol–water partition coefficient (Wildman–Crippen LogP) is 5.05. The second-order valence-electron chi connectivity index (χ2n) is 11.5. The monoisotopic (exact) mass is 580 g/mol. The fraction of sp³-hybridized carbons (Fsp3) is 0.500. The molecule has 0 fully saturated rings. The minimum absolute atomic E-state index is 0.0384. The van der Waals surface area contributed by atoms with E-state index in [9.17, 15) is 19.6 Å². The summed E-state index contributed by atoms with van der Waals surface area (Å²) in [6.45, 7) is 9.95. The number of benzene rings is 1. The largest absolute Gasteiger partial charge is 0.465 e. The molecule has 2 N–H and O–H groups in total. The Kier molecular flexibility index (Phi) is 11.0. The van der Waals surface area contributed by atoms with Crippen LogP contribution in [0.1, 0.15) is 78.5 Å². The third-order valence-electron chi connectivity index (χ3n) is 6.87. The van der Waals surface area contributed by atoms with Crippen LogP contribution in [0.5, 0.6) is 0 Å². The van der Waals surface area contributed by atoms with Crippen LogP contribution in [-0.2, 0) is 30.5 Å². The van der Waals surface area contributed by atoms with Gasteiger partial charge >= 0.3 is 11.9 Å². The van der Waals surface area contributed by atoms with Crippen LogP contribution in [0.3, 0.4) is 0 Å². The molecule has 1 heterocycles. The Hall–Kier alpha value is -3.75. The molecule has 1 aromatic heterocycles. The molecule has 3 rings (SSSR count). The lowest BCUT2D eigenvalue weighted by Crippen LogP contribution is -2.23. The average Bonchev–Trinajstić information content (AvgIpc) is 3.34. The normalized spacial score (nSPS) is 13.4. The molecule has 1 aliphatic carbocycles. The van der Waals surface area contributed by atoms with Gasteiger partial charge in [0, 0.05) is 51.5 Å². The van der Waals surface area contributed by atoms with Crippen molar-refractivity contribution in [3.63, 3.8) is 0 Å². The molecule has 220 valence electrons. The van der Waals surface area contributed by atoms with Crippen molar-refractivity contribution in [2.75, 3.05) is 25.6 Å². The van der Waals surface area contributed by atoms with Gasteiger partial charge in [0.1, 0.15) is 26.0 Å². The summed E-state index contributed by atoms with van der Waals surface area (Å²) in [6, 6.07) is 6.37. The summed E-state index contributed by atoms with van der Waals surface area (Å²) in [4.78, 5) is 41.5. The fourth-order valence-electron chi connectivity index (χ4n) is 4.67. The third-order valence-corrected chi connectivity index (χ3v) is 8.58. The highest BCUT2D eigenvalue weighted by atomic mass is 28.3. The van der Waals surface area contributed by atoms with Crippen LogP contribution in [0.15, 0.2) is 24.4 Å². The van der Waals surface area contributed by atoms with Crippen LogP contribution in [-0.4, -0.2) is 55.2 Å². The first-order valence-corrected chi connectivity index (χ1v) is 17.6. The molecule has 0 atom stereocenters. The quantitative estimate of drug-likeness (QED) is 0.113. The zero-order valence-corrected chi connectivity index (χ0v) is 25.6. The Morgan fingerprint density at radius 2 is 1.80 bits per heavy atom. The average molecular weight is 581 g/mol. The first-order chi connectivity index (χ1) is 19.4. The molecule has 0 unspecified atom stereocenters. The molecule has 1 aromatic carbocycles. The van der Waals surface area contributed by atoms with Crippen molar-refractivity contribution >= 4 is 37.1 Å². The molecule has 11 heteroatoms. The fourth-order valence-corrected chi connectivity index (χ4v) is 5.42. The molecule has 0 radical (unpaired) electrons. The number of ketones is 1. The van der Waals surface area contributed by atoms with Crippen LogP contribution in [0, 0.1) is 11.3 Å². The lowest BCUT2D eigenvalue weighted by Gasteiger charge is -2.24. The van der Waals surface area contributed by atoms with Gasteiger partial charge < -0.3 is 24.5 Å². The van der Waals surface area contributed by atoms with E-state index < -0.39 is 25.9 Å². The molecule has 0 saturated carbocycles. The van der Waals surface area contributed by atoms with Crippen molar-refractivity contribution in [2.45, 2.75) is 77.9 Å². The van der Waals surface area contributed by atoms with E-state index in [0.29, 0.717) is 29.0 Å². The van der Waals surface area contributed by atoms with E-state index in [-0.39, 0.29) is 37.2 Å². The summed E-state index contributed by atoms with van der Waals surface area (Å²) in [5, 5.41) is 9.51. The van der Waals surface area contributed by atoms with E-state index in [0.717, 1.165) is 37.3 Å². The predicted molar refractivity (Wildman–Crippen MR) is 158 cm³/mol. The number of carbonyl (C=O) groups is 3. The van der Waals surface area contributed by atoms with E-state index in [1.54, 1.807) is 16.7 Å². The highest BCUT2D eigenvalue weighted by Crippen LogP contribution is 2.38. The van der Waals surface area contributed by atoms with Gasteiger partial charge in [-0.1, -0.05) is 31.8 Å². The van der Waals surface area contributed by atoms with Gasteiger partial charge in [-0.25, -0.2) is 4.98 Å². The highest BCUT2D eigenvalue weighted by molar-refractivity contribution is 6.76. The number of anilines is 1. The van der Waals surface area contributed by atoms with Gasteiger partial charge in [-0.3, -0.25) is 14.4 Å².